The van der Waals surface area contributed by atoms with Crippen molar-refractivity contribution in [3.63, 3.8) is 0 Å². The molecule has 0 bridgehead atoms. The fourth-order valence-electron chi connectivity index (χ4n) is 2.24. The molecule has 1 aliphatic rings. The van der Waals surface area contributed by atoms with Crippen LogP contribution >= 0.6 is 0 Å². The third-order valence-electron chi connectivity index (χ3n) is 3.50. The first kappa shape index (κ1) is 12.3. The highest BCUT2D eigenvalue weighted by atomic mass is 16.5. The summed E-state index contributed by atoms with van der Waals surface area (Å²) in [5, 5.41) is 13.6. The molecule has 1 aliphatic heterocycles. The number of aliphatic hydroxyl groups is 1. The van der Waals surface area contributed by atoms with Gasteiger partial charge in [0.2, 0.25) is 0 Å². The van der Waals surface area contributed by atoms with Crippen LogP contribution in [0.5, 0.6) is 0 Å². The molecule has 100 valence electrons. The summed E-state index contributed by atoms with van der Waals surface area (Å²) in [4.78, 5) is 8.61. The Balaban J connectivity index is 1.71. The molecule has 0 saturated carbocycles. The Morgan fingerprint density at radius 3 is 2.95 bits per heavy atom. The first-order valence-electron chi connectivity index (χ1n) is 6.50. The molecule has 0 atom stereocenters. The quantitative estimate of drug-likeness (QED) is 0.876. The minimum Gasteiger partial charge on any atom is -0.388 e. The van der Waals surface area contributed by atoms with Crippen LogP contribution in [0.4, 0.5) is 5.69 Å². The van der Waals surface area contributed by atoms with Crippen molar-refractivity contribution in [2.45, 2.75) is 18.4 Å². The Kier molecular flexibility index (Phi) is 3.31. The lowest BCUT2D eigenvalue weighted by atomic mass is 9.94. The second-order valence-electron chi connectivity index (χ2n) is 4.96. The van der Waals surface area contributed by atoms with E-state index in [9.17, 15) is 5.11 Å². The lowest BCUT2D eigenvalue weighted by Gasteiger charge is -2.32. The third kappa shape index (κ3) is 2.83. The maximum Gasteiger partial charge on any atom is 0.0907 e. The number of anilines is 1. The molecule has 0 unspecified atom stereocenters. The number of nitrogens with one attached hydrogen (secondary N) is 1. The average Bonchev–Trinajstić information content (AvgIpc) is 2.46. The molecule has 5 heteroatoms. The molecule has 1 saturated heterocycles. The third-order valence-corrected chi connectivity index (χ3v) is 3.50. The van der Waals surface area contributed by atoms with E-state index in [0.29, 0.717) is 32.6 Å². The molecular formula is C14H17N3O2. The second kappa shape index (κ2) is 5.11. The topological polar surface area (TPSA) is 67.3 Å². The van der Waals surface area contributed by atoms with Crippen LogP contribution in [-0.4, -0.2) is 40.4 Å². The minimum atomic E-state index is -0.683. The van der Waals surface area contributed by atoms with Crippen LogP contribution in [0.2, 0.25) is 0 Å². The van der Waals surface area contributed by atoms with Crippen molar-refractivity contribution in [3.8, 4) is 0 Å². The van der Waals surface area contributed by atoms with Crippen LogP contribution in [0.15, 0.2) is 30.6 Å². The van der Waals surface area contributed by atoms with Crippen molar-refractivity contribution >= 4 is 16.7 Å². The van der Waals surface area contributed by atoms with Gasteiger partial charge >= 0.3 is 0 Å². The highest BCUT2D eigenvalue weighted by Crippen LogP contribution is 2.21. The van der Waals surface area contributed by atoms with Gasteiger partial charge in [0.1, 0.15) is 0 Å². The molecule has 3 heterocycles. The zero-order valence-corrected chi connectivity index (χ0v) is 10.7. The summed E-state index contributed by atoms with van der Waals surface area (Å²) in [6.07, 6.45) is 4.85. The fourth-order valence-corrected chi connectivity index (χ4v) is 2.24. The molecule has 2 N–H and O–H groups in total. The number of rotatable bonds is 3. The zero-order valence-electron chi connectivity index (χ0n) is 10.7. The predicted molar refractivity (Wildman–Crippen MR) is 73.0 cm³/mol. The van der Waals surface area contributed by atoms with Gasteiger partial charge in [-0.2, -0.15) is 0 Å². The Labute approximate surface area is 111 Å². The van der Waals surface area contributed by atoms with Gasteiger partial charge in [0, 0.05) is 38.8 Å². The normalized spacial score (nSPS) is 18.4. The molecule has 3 rings (SSSR count). The van der Waals surface area contributed by atoms with Crippen LogP contribution in [0.1, 0.15) is 12.8 Å². The van der Waals surface area contributed by atoms with Gasteiger partial charge in [0.25, 0.3) is 0 Å². The SMILES string of the molecule is OC1(CNc2cnc3cccnc3c2)CCOCC1. The number of hydrogen-bond acceptors (Lipinski definition) is 5. The molecule has 0 aromatic carbocycles. The number of aromatic nitrogens is 2. The molecule has 0 radical (unpaired) electrons. The van der Waals surface area contributed by atoms with E-state index >= 15 is 0 Å². The van der Waals surface area contributed by atoms with Crippen LogP contribution in [-0.2, 0) is 4.74 Å². The molecule has 0 spiro atoms. The summed E-state index contributed by atoms with van der Waals surface area (Å²) >= 11 is 0. The van der Waals surface area contributed by atoms with Crippen LogP contribution in [0.25, 0.3) is 11.0 Å². The van der Waals surface area contributed by atoms with Gasteiger partial charge in [-0.05, 0) is 18.2 Å². The number of fused-ring (bicyclic) bond motifs is 1. The number of nitrogens with zero attached hydrogens (tertiary/aromatic N) is 2. The number of hydrogen-bond donors (Lipinski definition) is 2. The maximum atomic E-state index is 10.4. The Hall–Kier alpha value is -1.72. The average molecular weight is 259 g/mol. The fraction of sp³-hybridized carbons (Fsp3) is 0.429. The summed E-state index contributed by atoms with van der Waals surface area (Å²) in [5.74, 6) is 0. The standard InChI is InChI=1S/C14H17N3O2/c18-14(3-6-19-7-4-14)10-17-11-8-13-12(16-9-11)2-1-5-15-13/h1-2,5,8-9,17-18H,3-4,6-7,10H2. The van der Waals surface area contributed by atoms with E-state index < -0.39 is 5.60 Å². The lowest BCUT2D eigenvalue weighted by molar-refractivity contribution is -0.0543. The van der Waals surface area contributed by atoms with Crippen LogP contribution in [0, 0.1) is 0 Å². The van der Waals surface area contributed by atoms with E-state index in [-0.39, 0.29) is 0 Å². The van der Waals surface area contributed by atoms with E-state index in [1.165, 1.54) is 0 Å². The van der Waals surface area contributed by atoms with Crippen molar-refractivity contribution in [2.75, 3.05) is 25.1 Å². The second-order valence-corrected chi connectivity index (χ2v) is 4.96. The summed E-state index contributed by atoms with van der Waals surface area (Å²) in [6.45, 7) is 1.75. The molecule has 2 aromatic heterocycles. The molecule has 0 amide bonds. The van der Waals surface area contributed by atoms with E-state index in [1.54, 1.807) is 12.4 Å². The van der Waals surface area contributed by atoms with Crippen LogP contribution < -0.4 is 5.32 Å². The largest absolute Gasteiger partial charge is 0.388 e. The van der Waals surface area contributed by atoms with Gasteiger partial charge in [0.05, 0.1) is 28.5 Å². The van der Waals surface area contributed by atoms with E-state index in [2.05, 4.69) is 15.3 Å². The van der Waals surface area contributed by atoms with Crippen molar-refractivity contribution < 1.29 is 9.84 Å². The van der Waals surface area contributed by atoms with Gasteiger partial charge in [0.15, 0.2) is 0 Å². The minimum absolute atomic E-state index is 0.510. The first-order chi connectivity index (χ1) is 9.25. The Morgan fingerprint density at radius 2 is 2.11 bits per heavy atom. The van der Waals surface area contributed by atoms with Crippen LogP contribution in [0.3, 0.4) is 0 Å². The van der Waals surface area contributed by atoms with Gasteiger partial charge in [-0.15, -0.1) is 0 Å². The number of pyridine rings is 2. The highest BCUT2D eigenvalue weighted by molar-refractivity contribution is 5.77. The first-order valence-corrected chi connectivity index (χ1v) is 6.50. The molecule has 2 aromatic rings. The monoisotopic (exact) mass is 259 g/mol. The van der Waals surface area contributed by atoms with Crippen molar-refractivity contribution in [1.82, 2.24) is 9.97 Å². The Bertz CT molecular complexity index is 567. The van der Waals surface area contributed by atoms with Crippen molar-refractivity contribution in [1.29, 1.82) is 0 Å². The molecule has 0 aliphatic carbocycles. The Morgan fingerprint density at radius 1 is 1.26 bits per heavy atom. The molecular weight excluding hydrogens is 242 g/mol. The van der Waals surface area contributed by atoms with E-state index in [4.69, 9.17) is 4.74 Å². The summed E-state index contributed by atoms with van der Waals surface area (Å²) < 4.78 is 5.26. The van der Waals surface area contributed by atoms with Gasteiger partial charge in [-0.1, -0.05) is 0 Å². The van der Waals surface area contributed by atoms with Crippen molar-refractivity contribution in [3.05, 3.63) is 30.6 Å². The lowest BCUT2D eigenvalue weighted by Crippen LogP contribution is -2.42. The van der Waals surface area contributed by atoms with Gasteiger partial charge in [-0.3, -0.25) is 9.97 Å². The molecule has 5 nitrogen and oxygen atoms in total. The summed E-state index contributed by atoms with van der Waals surface area (Å²) in [6, 6.07) is 5.75. The summed E-state index contributed by atoms with van der Waals surface area (Å²) in [5.41, 5.74) is 1.92. The van der Waals surface area contributed by atoms with Gasteiger partial charge in [-0.25, -0.2) is 0 Å². The highest BCUT2D eigenvalue weighted by Gasteiger charge is 2.29. The van der Waals surface area contributed by atoms with Gasteiger partial charge < -0.3 is 15.2 Å². The maximum absolute atomic E-state index is 10.4. The van der Waals surface area contributed by atoms with E-state index in [0.717, 1.165) is 16.7 Å². The smallest absolute Gasteiger partial charge is 0.0907 e. The predicted octanol–water partition coefficient (Wildman–Crippen LogP) is 1.58. The molecule has 19 heavy (non-hydrogen) atoms. The summed E-state index contributed by atoms with van der Waals surface area (Å²) in [7, 11) is 0. The zero-order chi connectivity index (χ0) is 13.1. The number of ether oxygens (including phenoxy) is 1. The molecule has 1 fully saturated rings. The van der Waals surface area contributed by atoms with Crippen molar-refractivity contribution in [2.24, 2.45) is 0 Å². The van der Waals surface area contributed by atoms with E-state index in [1.807, 2.05) is 18.2 Å².